The standard InChI is InChI=1S/C17H29NO3/c1-16(2)9-5-8-13(16)14(19)18-10-6-7-12(11-18)17(3,4)15(20)21/h12-13H,5-11H2,1-4H3,(H,20,21). The number of rotatable bonds is 3. The van der Waals surface area contributed by atoms with E-state index in [1.165, 1.54) is 0 Å². The second-order valence-corrected chi connectivity index (χ2v) is 8.08. The van der Waals surface area contributed by atoms with Crippen molar-refractivity contribution < 1.29 is 14.7 Å². The molecule has 4 nitrogen and oxygen atoms in total. The third-order valence-electron chi connectivity index (χ3n) is 5.86. The van der Waals surface area contributed by atoms with Crippen LogP contribution in [-0.2, 0) is 9.59 Å². The van der Waals surface area contributed by atoms with Crippen molar-refractivity contribution in [3.05, 3.63) is 0 Å². The summed E-state index contributed by atoms with van der Waals surface area (Å²) in [4.78, 5) is 26.2. The summed E-state index contributed by atoms with van der Waals surface area (Å²) in [5.41, 5.74) is -0.670. The molecule has 0 radical (unpaired) electrons. The number of carbonyl (C=O) groups excluding carboxylic acids is 1. The van der Waals surface area contributed by atoms with Gasteiger partial charge in [-0.05, 0) is 50.9 Å². The third-order valence-corrected chi connectivity index (χ3v) is 5.86. The molecule has 1 heterocycles. The normalized spacial score (nSPS) is 29.4. The number of likely N-dealkylation sites (tertiary alicyclic amines) is 1. The van der Waals surface area contributed by atoms with E-state index in [1.54, 1.807) is 13.8 Å². The maximum Gasteiger partial charge on any atom is 0.309 e. The Hall–Kier alpha value is -1.06. The molecule has 1 aliphatic heterocycles. The lowest BCUT2D eigenvalue weighted by molar-refractivity contribution is -0.154. The topological polar surface area (TPSA) is 57.6 Å². The molecule has 1 N–H and O–H groups in total. The fourth-order valence-electron chi connectivity index (χ4n) is 3.95. The predicted molar refractivity (Wildman–Crippen MR) is 81.8 cm³/mol. The maximum atomic E-state index is 12.8. The van der Waals surface area contributed by atoms with Crippen molar-refractivity contribution in [1.82, 2.24) is 4.90 Å². The molecule has 21 heavy (non-hydrogen) atoms. The van der Waals surface area contributed by atoms with Crippen LogP contribution >= 0.6 is 0 Å². The molecule has 1 saturated carbocycles. The maximum absolute atomic E-state index is 12.8. The fourth-order valence-corrected chi connectivity index (χ4v) is 3.95. The summed E-state index contributed by atoms with van der Waals surface area (Å²) in [6.07, 6.45) is 5.04. The number of carboxylic acids is 1. The molecule has 4 heteroatoms. The Morgan fingerprint density at radius 1 is 1.19 bits per heavy atom. The molecular weight excluding hydrogens is 266 g/mol. The summed E-state index contributed by atoms with van der Waals surface area (Å²) in [5, 5.41) is 9.41. The van der Waals surface area contributed by atoms with Crippen LogP contribution < -0.4 is 0 Å². The van der Waals surface area contributed by atoms with Crippen molar-refractivity contribution in [1.29, 1.82) is 0 Å². The summed E-state index contributed by atoms with van der Waals surface area (Å²) < 4.78 is 0. The Bertz CT molecular complexity index is 428. The monoisotopic (exact) mass is 295 g/mol. The van der Waals surface area contributed by atoms with Crippen LogP contribution in [0.3, 0.4) is 0 Å². The van der Waals surface area contributed by atoms with E-state index >= 15 is 0 Å². The van der Waals surface area contributed by atoms with Gasteiger partial charge in [-0.1, -0.05) is 20.3 Å². The number of hydrogen-bond donors (Lipinski definition) is 1. The second kappa shape index (κ2) is 5.62. The highest BCUT2D eigenvalue weighted by Gasteiger charge is 2.44. The number of amides is 1. The number of carbonyl (C=O) groups is 2. The molecule has 2 unspecified atom stereocenters. The number of carboxylic acid groups (broad SMARTS) is 1. The average Bonchev–Trinajstić information content (AvgIpc) is 2.77. The van der Waals surface area contributed by atoms with Gasteiger partial charge in [0.2, 0.25) is 5.91 Å². The lowest BCUT2D eigenvalue weighted by Gasteiger charge is -2.41. The van der Waals surface area contributed by atoms with E-state index in [-0.39, 0.29) is 23.2 Å². The molecule has 1 saturated heterocycles. The highest BCUT2D eigenvalue weighted by atomic mass is 16.4. The van der Waals surface area contributed by atoms with E-state index in [1.807, 2.05) is 4.90 Å². The third kappa shape index (κ3) is 3.09. The molecule has 2 aliphatic rings. The van der Waals surface area contributed by atoms with Crippen LogP contribution in [0.15, 0.2) is 0 Å². The molecule has 0 aromatic heterocycles. The number of piperidine rings is 1. The zero-order valence-electron chi connectivity index (χ0n) is 13.8. The first-order valence-electron chi connectivity index (χ1n) is 8.18. The van der Waals surface area contributed by atoms with Gasteiger partial charge in [0, 0.05) is 19.0 Å². The van der Waals surface area contributed by atoms with Crippen molar-refractivity contribution in [3.8, 4) is 0 Å². The van der Waals surface area contributed by atoms with Crippen molar-refractivity contribution >= 4 is 11.9 Å². The van der Waals surface area contributed by atoms with Gasteiger partial charge in [-0.2, -0.15) is 0 Å². The summed E-state index contributed by atoms with van der Waals surface area (Å²) in [7, 11) is 0. The van der Waals surface area contributed by atoms with Crippen molar-refractivity contribution in [3.63, 3.8) is 0 Å². The SMILES string of the molecule is CC1(C)CCCC1C(=O)N1CCCC(C(C)(C)C(=O)O)C1. The van der Waals surface area contributed by atoms with Gasteiger partial charge in [0.15, 0.2) is 0 Å². The highest BCUT2D eigenvalue weighted by Crippen LogP contribution is 2.44. The Labute approximate surface area is 127 Å². The lowest BCUT2D eigenvalue weighted by Crippen LogP contribution is -2.49. The minimum Gasteiger partial charge on any atom is -0.481 e. The fraction of sp³-hybridized carbons (Fsp3) is 0.882. The van der Waals surface area contributed by atoms with Crippen LogP contribution in [0.4, 0.5) is 0 Å². The van der Waals surface area contributed by atoms with E-state index in [0.717, 1.165) is 38.6 Å². The van der Waals surface area contributed by atoms with E-state index < -0.39 is 11.4 Å². The Balaban J connectivity index is 2.08. The van der Waals surface area contributed by atoms with Gasteiger partial charge in [0.05, 0.1) is 5.41 Å². The van der Waals surface area contributed by atoms with Gasteiger partial charge >= 0.3 is 5.97 Å². The quantitative estimate of drug-likeness (QED) is 0.870. The molecule has 1 amide bonds. The summed E-state index contributed by atoms with van der Waals surface area (Å²) >= 11 is 0. The van der Waals surface area contributed by atoms with Crippen LogP contribution in [0.25, 0.3) is 0 Å². The van der Waals surface area contributed by atoms with Gasteiger partial charge in [0.1, 0.15) is 0 Å². The minimum absolute atomic E-state index is 0.0530. The van der Waals surface area contributed by atoms with Crippen LogP contribution in [0.2, 0.25) is 0 Å². The van der Waals surface area contributed by atoms with E-state index in [2.05, 4.69) is 13.8 Å². The molecule has 0 aromatic rings. The van der Waals surface area contributed by atoms with Crippen molar-refractivity contribution in [2.24, 2.45) is 22.7 Å². The molecular formula is C17H29NO3. The van der Waals surface area contributed by atoms with Gasteiger partial charge < -0.3 is 10.0 Å². The first kappa shape index (κ1) is 16.3. The highest BCUT2D eigenvalue weighted by molar-refractivity contribution is 5.80. The average molecular weight is 295 g/mol. The molecule has 2 fully saturated rings. The largest absolute Gasteiger partial charge is 0.481 e. The number of nitrogens with zero attached hydrogens (tertiary/aromatic N) is 1. The predicted octanol–water partition coefficient (Wildman–Crippen LogP) is 3.16. The molecule has 0 spiro atoms. The molecule has 2 rings (SSSR count). The summed E-state index contributed by atoms with van der Waals surface area (Å²) in [6.45, 7) is 9.33. The van der Waals surface area contributed by atoms with Crippen LogP contribution in [-0.4, -0.2) is 35.0 Å². The van der Waals surface area contributed by atoms with Gasteiger partial charge in [0.25, 0.3) is 0 Å². The molecule has 120 valence electrons. The molecule has 0 aromatic carbocycles. The van der Waals surface area contributed by atoms with Crippen LogP contribution in [0.5, 0.6) is 0 Å². The molecule has 1 aliphatic carbocycles. The summed E-state index contributed by atoms with van der Waals surface area (Å²) in [5.74, 6) is -0.340. The first-order valence-corrected chi connectivity index (χ1v) is 8.18. The van der Waals surface area contributed by atoms with E-state index in [4.69, 9.17) is 0 Å². The van der Waals surface area contributed by atoms with Crippen molar-refractivity contribution in [2.75, 3.05) is 13.1 Å². The van der Waals surface area contributed by atoms with Gasteiger partial charge in [-0.3, -0.25) is 9.59 Å². The first-order chi connectivity index (χ1) is 9.66. The Morgan fingerprint density at radius 3 is 2.38 bits per heavy atom. The zero-order valence-corrected chi connectivity index (χ0v) is 13.8. The lowest BCUT2D eigenvalue weighted by atomic mass is 9.74. The number of aliphatic carboxylic acids is 1. The van der Waals surface area contributed by atoms with E-state index in [9.17, 15) is 14.7 Å². The summed E-state index contributed by atoms with van der Waals surface area (Å²) in [6, 6.07) is 0. The Morgan fingerprint density at radius 2 is 1.86 bits per heavy atom. The number of hydrogen-bond acceptors (Lipinski definition) is 2. The van der Waals surface area contributed by atoms with Gasteiger partial charge in [-0.25, -0.2) is 0 Å². The van der Waals surface area contributed by atoms with E-state index in [0.29, 0.717) is 6.54 Å². The minimum atomic E-state index is -0.761. The van der Waals surface area contributed by atoms with Gasteiger partial charge in [-0.15, -0.1) is 0 Å². The van der Waals surface area contributed by atoms with Crippen molar-refractivity contribution in [2.45, 2.75) is 59.8 Å². The van der Waals surface area contributed by atoms with Crippen LogP contribution in [0, 0.1) is 22.7 Å². The van der Waals surface area contributed by atoms with Crippen LogP contribution in [0.1, 0.15) is 59.8 Å². The molecule has 0 bridgehead atoms. The molecule has 2 atom stereocenters. The zero-order chi connectivity index (χ0) is 15.8. The second-order valence-electron chi connectivity index (χ2n) is 8.08. The smallest absolute Gasteiger partial charge is 0.309 e. The Kier molecular flexibility index (Phi) is 4.36.